The molecule has 1 atom stereocenters. The van der Waals surface area contributed by atoms with E-state index < -0.39 is 0 Å². The number of hydrogen-bond donors (Lipinski definition) is 1. The van der Waals surface area contributed by atoms with Gasteiger partial charge in [-0.25, -0.2) is 0 Å². The summed E-state index contributed by atoms with van der Waals surface area (Å²) < 4.78 is 0.936. The Hall–Kier alpha value is -2.50. The maximum Gasteiger partial charge on any atom is 0.290 e. The smallest absolute Gasteiger partial charge is 0.290 e. The van der Waals surface area contributed by atoms with Crippen LogP contribution in [0.4, 0.5) is 0 Å². The van der Waals surface area contributed by atoms with E-state index in [2.05, 4.69) is 28.1 Å². The lowest BCUT2D eigenvalue weighted by Gasteiger charge is -2.28. The average molecular weight is 480 g/mol. The van der Waals surface area contributed by atoms with Crippen molar-refractivity contribution in [3.05, 3.63) is 105 Å². The summed E-state index contributed by atoms with van der Waals surface area (Å²) in [7, 11) is 0. The molecule has 152 valence electrons. The van der Waals surface area contributed by atoms with E-state index >= 15 is 0 Å². The Bertz CT molecular complexity index is 1110. The second kappa shape index (κ2) is 8.70. The van der Waals surface area contributed by atoms with Crippen molar-refractivity contribution in [3.63, 3.8) is 0 Å². The molecule has 1 unspecified atom stereocenters. The van der Waals surface area contributed by atoms with Gasteiger partial charge in [0, 0.05) is 21.5 Å². The summed E-state index contributed by atoms with van der Waals surface area (Å²) in [6.07, 6.45) is 2.04. The molecule has 0 saturated carbocycles. The number of carbonyl (C=O) groups excluding carboxylic acids is 1. The van der Waals surface area contributed by atoms with Crippen LogP contribution in [0.25, 0.3) is 5.57 Å². The summed E-state index contributed by atoms with van der Waals surface area (Å²) in [5.74, 6) is -0.519. The summed E-state index contributed by atoms with van der Waals surface area (Å²) in [4.78, 5) is 16.1. The summed E-state index contributed by atoms with van der Waals surface area (Å²) >= 11 is 5.23. The number of nitrogens with zero attached hydrogens (tertiary/aromatic N) is 1. The van der Waals surface area contributed by atoms with Gasteiger partial charge in [-0.15, -0.1) is 11.8 Å². The van der Waals surface area contributed by atoms with Crippen LogP contribution < -0.4 is 0 Å². The first kappa shape index (κ1) is 20.8. The average Bonchev–Trinajstić information content (AvgIpc) is 3.00. The number of benzene rings is 3. The number of aliphatic hydroxyl groups is 1. The maximum atomic E-state index is 13.2. The van der Waals surface area contributed by atoms with Crippen molar-refractivity contribution < 1.29 is 9.90 Å². The maximum absolute atomic E-state index is 13.2. The number of aliphatic hydroxyl groups excluding tert-OH is 1. The molecule has 0 radical (unpaired) electrons. The van der Waals surface area contributed by atoms with Crippen molar-refractivity contribution in [2.24, 2.45) is 0 Å². The van der Waals surface area contributed by atoms with E-state index in [9.17, 15) is 9.90 Å². The molecule has 1 heterocycles. The molecule has 0 bridgehead atoms. The molecule has 3 nitrogen and oxygen atoms in total. The third-order valence-electron chi connectivity index (χ3n) is 5.34. The molecule has 1 aliphatic rings. The molecule has 30 heavy (non-hydrogen) atoms. The number of amides is 1. The molecule has 0 aliphatic carbocycles. The van der Waals surface area contributed by atoms with Gasteiger partial charge in [0.15, 0.2) is 5.76 Å². The van der Waals surface area contributed by atoms with E-state index in [-0.39, 0.29) is 17.7 Å². The van der Waals surface area contributed by atoms with Gasteiger partial charge in [-0.1, -0.05) is 70.0 Å². The van der Waals surface area contributed by atoms with Gasteiger partial charge >= 0.3 is 0 Å². The molecular formula is C25H22BrNO2S. The minimum atomic E-state index is -0.363. The number of carbonyl (C=O) groups is 1. The molecule has 4 rings (SSSR count). The second-order valence-corrected chi connectivity index (χ2v) is 9.16. The quantitative estimate of drug-likeness (QED) is 0.422. The Balaban J connectivity index is 1.78. The first-order chi connectivity index (χ1) is 14.5. The van der Waals surface area contributed by atoms with Crippen molar-refractivity contribution in [3.8, 4) is 0 Å². The molecule has 1 N–H and O–H groups in total. The number of rotatable bonds is 5. The highest BCUT2D eigenvalue weighted by Crippen LogP contribution is 2.44. The van der Waals surface area contributed by atoms with Gasteiger partial charge in [0.1, 0.15) is 0 Å². The number of hydrogen-bond acceptors (Lipinski definition) is 3. The number of thioether (sulfide) groups is 1. The molecule has 0 saturated heterocycles. The lowest BCUT2D eigenvalue weighted by atomic mass is 9.93. The zero-order valence-corrected chi connectivity index (χ0v) is 19.2. The third-order valence-corrected chi connectivity index (χ3v) is 6.58. The standard InChI is InChI=1S/C25H22BrNO2S/c1-16-6-10-18(11-7-16)22-23(19-4-3-5-20(26)14-19)27(25(29)24(22)28)15-17-8-12-21(30-2)13-9-17/h3-14,23,28H,15H2,1-2H3. The largest absolute Gasteiger partial charge is 0.503 e. The number of halogens is 1. The minimum absolute atomic E-state index is 0.176. The van der Waals surface area contributed by atoms with E-state index in [1.54, 1.807) is 16.7 Å². The highest BCUT2D eigenvalue weighted by atomic mass is 79.9. The van der Waals surface area contributed by atoms with Gasteiger partial charge in [-0.3, -0.25) is 4.79 Å². The Morgan fingerprint density at radius 2 is 1.73 bits per heavy atom. The Kier molecular flexibility index (Phi) is 6.02. The molecule has 3 aromatic rings. The first-order valence-corrected chi connectivity index (χ1v) is 11.7. The van der Waals surface area contributed by atoms with E-state index in [1.165, 1.54) is 4.90 Å². The van der Waals surface area contributed by atoms with Crippen LogP contribution in [0.1, 0.15) is 28.3 Å². The van der Waals surface area contributed by atoms with Gasteiger partial charge in [0.2, 0.25) is 0 Å². The Morgan fingerprint density at radius 3 is 2.37 bits per heavy atom. The summed E-state index contributed by atoms with van der Waals surface area (Å²) in [5, 5.41) is 10.9. The van der Waals surface area contributed by atoms with E-state index in [4.69, 9.17) is 0 Å². The van der Waals surface area contributed by atoms with Crippen molar-refractivity contribution in [2.45, 2.75) is 24.4 Å². The molecule has 5 heteroatoms. The van der Waals surface area contributed by atoms with Crippen molar-refractivity contribution in [1.82, 2.24) is 4.90 Å². The van der Waals surface area contributed by atoms with Crippen molar-refractivity contribution >= 4 is 39.2 Å². The van der Waals surface area contributed by atoms with Crippen LogP contribution >= 0.6 is 27.7 Å². The van der Waals surface area contributed by atoms with E-state index in [1.807, 2.05) is 73.8 Å². The molecule has 0 aromatic heterocycles. The van der Waals surface area contributed by atoms with Gasteiger partial charge in [0.25, 0.3) is 5.91 Å². The Labute approximate surface area is 189 Å². The monoisotopic (exact) mass is 479 g/mol. The van der Waals surface area contributed by atoms with Gasteiger partial charge in [-0.05, 0) is 54.1 Å². The predicted molar refractivity (Wildman–Crippen MR) is 126 cm³/mol. The normalized spacial score (nSPS) is 16.4. The predicted octanol–water partition coefficient (Wildman–Crippen LogP) is 6.53. The summed E-state index contributed by atoms with van der Waals surface area (Å²) in [6.45, 7) is 2.44. The molecule has 1 aliphatic heterocycles. The minimum Gasteiger partial charge on any atom is -0.503 e. The topological polar surface area (TPSA) is 40.5 Å². The fourth-order valence-electron chi connectivity index (χ4n) is 3.80. The van der Waals surface area contributed by atoms with Crippen LogP contribution in [0.15, 0.2) is 87.9 Å². The Morgan fingerprint density at radius 1 is 1.03 bits per heavy atom. The van der Waals surface area contributed by atoms with Crippen LogP contribution in [-0.2, 0) is 11.3 Å². The molecule has 3 aromatic carbocycles. The van der Waals surface area contributed by atoms with Gasteiger partial charge in [-0.2, -0.15) is 0 Å². The van der Waals surface area contributed by atoms with Crippen LogP contribution in [-0.4, -0.2) is 22.2 Å². The highest BCUT2D eigenvalue weighted by Gasteiger charge is 2.41. The first-order valence-electron chi connectivity index (χ1n) is 9.67. The SMILES string of the molecule is CSc1ccc(CN2C(=O)C(O)=C(c3ccc(C)cc3)C2c2cccc(Br)c2)cc1. The summed E-state index contributed by atoms with van der Waals surface area (Å²) in [6, 6.07) is 23.7. The third kappa shape index (κ3) is 4.05. The van der Waals surface area contributed by atoms with Crippen LogP contribution in [0, 0.1) is 6.92 Å². The molecular weight excluding hydrogens is 458 g/mol. The molecule has 1 amide bonds. The highest BCUT2D eigenvalue weighted by molar-refractivity contribution is 9.10. The lowest BCUT2D eigenvalue weighted by Crippen LogP contribution is -2.29. The number of aryl methyl sites for hydroxylation is 1. The fourth-order valence-corrected chi connectivity index (χ4v) is 4.62. The molecule has 0 fully saturated rings. The zero-order valence-electron chi connectivity index (χ0n) is 16.8. The van der Waals surface area contributed by atoms with Crippen LogP contribution in [0.3, 0.4) is 0 Å². The van der Waals surface area contributed by atoms with Gasteiger partial charge in [0.05, 0.1) is 6.04 Å². The van der Waals surface area contributed by atoms with Gasteiger partial charge < -0.3 is 10.0 Å². The second-order valence-electron chi connectivity index (χ2n) is 7.37. The van der Waals surface area contributed by atoms with E-state index in [0.29, 0.717) is 12.1 Å². The lowest BCUT2D eigenvalue weighted by molar-refractivity contribution is -0.130. The van der Waals surface area contributed by atoms with Crippen LogP contribution in [0.5, 0.6) is 0 Å². The van der Waals surface area contributed by atoms with E-state index in [0.717, 1.165) is 26.7 Å². The zero-order chi connectivity index (χ0) is 21.3. The van der Waals surface area contributed by atoms with Crippen LogP contribution in [0.2, 0.25) is 0 Å². The summed E-state index contributed by atoms with van der Waals surface area (Å²) in [5.41, 5.74) is 4.63. The molecule has 0 spiro atoms. The van der Waals surface area contributed by atoms with Crippen molar-refractivity contribution in [2.75, 3.05) is 6.26 Å². The van der Waals surface area contributed by atoms with Crippen molar-refractivity contribution in [1.29, 1.82) is 0 Å². The fraction of sp³-hybridized carbons (Fsp3) is 0.160.